The van der Waals surface area contributed by atoms with E-state index < -0.39 is 15.7 Å². The summed E-state index contributed by atoms with van der Waals surface area (Å²) in [6, 6.07) is 16.4. The Morgan fingerprint density at radius 3 is 2.62 bits per heavy atom. The summed E-state index contributed by atoms with van der Waals surface area (Å²) in [5.41, 5.74) is 6.62. The number of hydrogen-bond donors (Lipinski definition) is 1. The number of thiophene rings is 1. The second-order valence-electron chi connectivity index (χ2n) is 6.67. The van der Waals surface area contributed by atoms with Crippen LogP contribution in [0.15, 0.2) is 77.9 Å². The smallest absolute Gasteiger partial charge is 0.349 e. The number of halogens is 1. The summed E-state index contributed by atoms with van der Waals surface area (Å²) >= 11 is 4.29. The molecule has 0 aliphatic heterocycles. The van der Waals surface area contributed by atoms with Crippen LogP contribution in [0.2, 0.25) is 0 Å². The highest BCUT2D eigenvalue weighted by atomic mass is 79.9. The number of nitrogens with two attached hydrogens (primary N) is 1. The predicted molar refractivity (Wildman–Crippen MR) is 125 cm³/mol. The first-order chi connectivity index (χ1) is 15.3. The van der Waals surface area contributed by atoms with Crippen molar-refractivity contribution in [3.8, 4) is 17.1 Å². The van der Waals surface area contributed by atoms with Crippen LogP contribution in [0.4, 0.5) is 5.82 Å². The van der Waals surface area contributed by atoms with E-state index in [2.05, 4.69) is 25.9 Å². The first kappa shape index (κ1) is 20.6. The van der Waals surface area contributed by atoms with Crippen LogP contribution in [-0.4, -0.2) is 18.4 Å². The number of benzene rings is 2. The van der Waals surface area contributed by atoms with Crippen LogP contribution in [0.3, 0.4) is 0 Å². The number of aromatic nitrogens is 2. The van der Waals surface area contributed by atoms with Crippen molar-refractivity contribution in [3.63, 3.8) is 0 Å². The van der Waals surface area contributed by atoms with Crippen LogP contribution in [-0.2, 0) is 10.1 Å². The Kier molecular flexibility index (Phi) is 4.96. The van der Waals surface area contributed by atoms with Gasteiger partial charge >= 0.3 is 15.7 Å². The van der Waals surface area contributed by atoms with E-state index >= 15 is 0 Å². The van der Waals surface area contributed by atoms with Gasteiger partial charge in [-0.1, -0.05) is 24.3 Å². The SMILES string of the molecule is Nc1nc(-c2cccc(OS(=O)(=O)c3ccc(Br)s3)c2)nc2c1c(=O)oc1ccccc12. The lowest BCUT2D eigenvalue weighted by atomic mass is 10.1. The summed E-state index contributed by atoms with van der Waals surface area (Å²) in [7, 11) is -4.00. The third-order valence-corrected chi connectivity index (χ3v) is 7.90. The molecule has 0 aliphatic rings. The standard InChI is InChI=1S/C21H12BrN3O5S2/c22-15-8-9-16(31-15)32(27,28)30-12-5-3-4-11(10-12)20-24-18-13-6-1-2-7-14(13)29-21(26)17(18)19(23)25-20/h1-10H,(H2,23,24,25). The molecular weight excluding hydrogens is 518 g/mol. The highest BCUT2D eigenvalue weighted by Crippen LogP contribution is 2.31. The second kappa shape index (κ2) is 7.69. The average Bonchev–Trinajstić information content (AvgIpc) is 3.21. The van der Waals surface area contributed by atoms with E-state index in [-0.39, 0.29) is 27.0 Å². The molecule has 3 aromatic heterocycles. The maximum absolute atomic E-state index is 12.5. The van der Waals surface area contributed by atoms with E-state index in [4.69, 9.17) is 14.3 Å². The van der Waals surface area contributed by atoms with Crippen LogP contribution in [0, 0.1) is 0 Å². The molecule has 0 saturated heterocycles. The fraction of sp³-hybridized carbons (Fsp3) is 0. The fourth-order valence-electron chi connectivity index (χ4n) is 3.19. The van der Waals surface area contributed by atoms with E-state index in [0.717, 1.165) is 11.3 Å². The van der Waals surface area contributed by atoms with Crippen molar-refractivity contribution in [2.24, 2.45) is 0 Å². The number of hydrogen-bond acceptors (Lipinski definition) is 9. The first-order valence-corrected chi connectivity index (χ1v) is 12.1. The Balaban J connectivity index is 1.62. The van der Waals surface area contributed by atoms with Gasteiger partial charge in [0.1, 0.15) is 22.5 Å². The summed E-state index contributed by atoms with van der Waals surface area (Å²) in [5, 5.41) is 0.696. The quantitative estimate of drug-likeness (QED) is 0.203. The highest BCUT2D eigenvalue weighted by Gasteiger charge is 2.20. The minimum Gasteiger partial charge on any atom is -0.422 e. The van der Waals surface area contributed by atoms with Crippen LogP contribution < -0.4 is 15.5 Å². The van der Waals surface area contributed by atoms with Gasteiger partial charge in [-0.15, -0.1) is 11.3 Å². The van der Waals surface area contributed by atoms with Crippen LogP contribution in [0.25, 0.3) is 33.3 Å². The van der Waals surface area contributed by atoms with E-state index in [9.17, 15) is 13.2 Å². The minimum atomic E-state index is -4.00. The topological polar surface area (TPSA) is 125 Å². The van der Waals surface area contributed by atoms with Crippen LogP contribution in [0.1, 0.15) is 0 Å². The molecule has 0 spiro atoms. The zero-order valence-corrected chi connectivity index (χ0v) is 19.2. The van der Waals surface area contributed by atoms with Crippen molar-refractivity contribution in [2.75, 3.05) is 5.73 Å². The lowest BCUT2D eigenvalue weighted by molar-refractivity contribution is 0.488. The largest absolute Gasteiger partial charge is 0.422 e. The van der Waals surface area contributed by atoms with Gasteiger partial charge in [-0.25, -0.2) is 14.8 Å². The molecule has 32 heavy (non-hydrogen) atoms. The van der Waals surface area contributed by atoms with E-state index in [0.29, 0.717) is 25.8 Å². The Bertz CT molecular complexity index is 1680. The van der Waals surface area contributed by atoms with Crippen molar-refractivity contribution in [1.29, 1.82) is 0 Å². The number of anilines is 1. The lowest BCUT2D eigenvalue weighted by Gasteiger charge is -2.09. The first-order valence-electron chi connectivity index (χ1n) is 9.11. The third-order valence-electron chi connectivity index (χ3n) is 4.58. The molecule has 0 fully saturated rings. The summed E-state index contributed by atoms with van der Waals surface area (Å²) in [5.74, 6) is 0.270. The number of nitrogen functional groups attached to an aromatic ring is 1. The highest BCUT2D eigenvalue weighted by molar-refractivity contribution is 9.11. The van der Waals surface area contributed by atoms with Gasteiger partial charge in [-0.2, -0.15) is 8.42 Å². The predicted octanol–water partition coefficient (Wildman–Crippen LogP) is 4.58. The van der Waals surface area contributed by atoms with E-state index in [1.54, 1.807) is 42.5 Å². The lowest BCUT2D eigenvalue weighted by Crippen LogP contribution is -2.09. The van der Waals surface area contributed by atoms with Gasteiger partial charge in [0.15, 0.2) is 10.0 Å². The summed E-state index contributed by atoms with van der Waals surface area (Å²) in [6.07, 6.45) is 0. The van der Waals surface area contributed by atoms with Gasteiger partial charge in [-0.3, -0.25) is 0 Å². The maximum Gasteiger partial charge on any atom is 0.349 e. The van der Waals surface area contributed by atoms with Crippen molar-refractivity contribution in [2.45, 2.75) is 4.21 Å². The molecule has 5 rings (SSSR count). The zero-order valence-electron chi connectivity index (χ0n) is 16.0. The zero-order chi connectivity index (χ0) is 22.5. The molecule has 0 bridgehead atoms. The molecule has 0 amide bonds. The summed E-state index contributed by atoms with van der Waals surface area (Å²) < 4.78 is 36.4. The normalized spacial score (nSPS) is 11.8. The second-order valence-corrected chi connectivity index (χ2v) is 10.9. The molecule has 0 saturated carbocycles. The van der Waals surface area contributed by atoms with Crippen molar-refractivity contribution < 1.29 is 17.0 Å². The molecule has 8 nitrogen and oxygen atoms in total. The minimum absolute atomic E-state index is 0.0353. The van der Waals surface area contributed by atoms with Gasteiger partial charge in [0, 0.05) is 10.9 Å². The van der Waals surface area contributed by atoms with Crippen LogP contribution in [0.5, 0.6) is 5.75 Å². The molecule has 0 aliphatic carbocycles. The molecule has 0 radical (unpaired) electrons. The summed E-state index contributed by atoms with van der Waals surface area (Å²) in [4.78, 5) is 21.2. The fourth-order valence-corrected chi connectivity index (χ4v) is 6.09. The Labute approximate surface area is 193 Å². The summed E-state index contributed by atoms with van der Waals surface area (Å²) in [6.45, 7) is 0. The molecule has 11 heteroatoms. The van der Waals surface area contributed by atoms with Crippen molar-refractivity contribution >= 4 is 65.1 Å². The van der Waals surface area contributed by atoms with Gasteiger partial charge in [0.25, 0.3) is 0 Å². The van der Waals surface area contributed by atoms with Crippen molar-refractivity contribution in [1.82, 2.24) is 9.97 Å². The van der Waals surface area contributed by atoms with Gasteiger partial charge in [0.05, 0.1) is 9.30 Å². The molecule has 0 atom stereocenters. The molecule has 160 valence electrons. The third kappa shape index (κ3) is 3.64. The monoisotopic (exact) mass is 529 g/mol. The molecule has 2 N–H and O–H groups in total. The maximum atomic E-state index is 12.5. The number of fused-ring (bicyclic) bond motifs is 3. The van der Waals surface area contributed by atoms with Gasteiger partial charge < -0.3 is 14.3 Å². The molecule has 5 aromatic rings. The number of rotatable bonds is 4. The van der Waals surface area contributed by atoms with Crippen LogP contribution >= 0.6 is 27.3 Å². The van der Waals surface area contributed by atoms with E-state index in [1.807, 2.05) is 0 Å². The molecule has 0 unspecified atom stereocenters. The molecule has 3 heterocycles. The molecule has 2 aromatic carbocycles. The molecular formula is C21H12BrN3O5S2. The average molecular weight is 530 g/mol. The Morgan fingerprint density at radius 2 is 1.84 bits per heavy atom. The van der Waals surface area contributed by atoms with E-state index in [1.165, 1.54) is 18.2 Å². The Morgan fingerprint density at radius 1 is 1.03 bits per heavy atom. The Hall–Kier alpha value is -3.28. The number of nitrogens with zero attached hydrogens (tertiary/aromatic N) is 2. The van der Waals surface area contributed by atoms with Crippen molar-refractivity contribution in [3.05, 3.63) is 74.9 Å². The van der Waals surface area contributed by atoms with Gasteiger partial charge in [0.2, 0.25) is 0 Å². The number of para-hydroxylation sites is 1. The van der Waals surface area contributed by atoms with Gasteiger partial charge in [-0.05, 0) is 52.3 Å².